The van der Waals surface area contributed by atoms with Crippen LogP contribution in [0.1, 0.15) is 47.0 Å². The second kappa shape index (κ2) is 11.1. The number of carbonyl (C=O) groups is 2. The van der Waals surface area contributed by atoms with Gasteiger partial charge in [0.15, 0.2) is 0 Å². The van der Waals surface area contributed by atoms with Gasteiger partial charge in [-0.2, -0.15) is 0 Å². The monoisotopic (exact) mass is 470 g/mol. The van der Waals surface area contributed by atoms with Crippen LogP contribution < -0.4 is 15.4 Å². The van der Waals surface area contributed by atoms with Gasteiger partial charge in [0.25, 0.3) is 5.91 Å². The van der Waals surface area contributed by atoms with Crippen molar-refractivity contribution in [1.82, 2.24) is 9.80 Å². The predicted octanol–water partition coefficient (Wildman–Crippen LogP) is 3.85. The molecule has 8 heteroatoms. The number of thiophene rings is 1. The zero-order chi connectivity index (χ0) is 23.2. The molecule has 2 amide bonds. The number of carbonyl (C=O) groups excluding carboxylic acids is 2. The van der Waals surface area contributed by atoms with E-state index in [-0.39, 0.29) is 11.8 Å². The van der Waals surface area contributed by atoms with E-state index in [0.29, 0.717) is 29.4 Å². The Morgan fingerprint density at radius 1 is 1.00 bits per heavy atom. The predicted molar refractivity (Wildman–Crippen MR) is 134 cm³/mol. The molecule has 1 aliphatic carbocycles. The molecule has 0 radical (unpaired) electrons. The molecule has 1 aromatic carbocycles. The SMILES string of the molecule is CCOc1ccc(NC(=O)c2c(NC(=O)CN3CCN(C)CC3)sc3c2CCCCC3)cc1. The van der Waals surface area contributed by atoms with Crippen LogP contribution in [0.2, 0.25) is 0 Å². The first-order valence-corrected chi connectivity index (χ1v) is 12.7. The van der Waals surface area contributed by atoms with Gasteiger partial charge in [0.05, 0.1) is 18.7 Å². The first-order chi connectivity index (χ1) is 16.0. The van der Waals surface area contributed by atoms with Crippen LogP contribution >= 0.6 is 11.3 Å². The minimum atomic E-state index is -0.159. The van der Waals surface area contributed by atoms with Crippen LogP contribution in [0.4, 0.5) is 10.7 Å². The summed E-state index contributed by atoms with van der Waals surface area (Å²) in [5, 5.41) is 6.80. The highest BCUT2D eigenvalue weighted by Gasteiger charge is 2.26. The number of amides is 2. The molecular formula is C25H34N4O3S. The summed E-state index contributed by atoms with van der Waals surface area (Å²) in [4.78, 5) is 31.9. The summed E-state index contributed by atoms with van der Waals surface area (Å²) in [5.41, 5.74) is 2.46. The smallest absolute Gasteiger partial charge is 0.258 e. The van der Waals surface area contributed by atoms with Gasteiger partial charge in [-0.25, -0.2) is 0 Å². The van der Waals surface area contributed by atoms with E-state index in [9.17, 15) is 9.59 Å². The highest BCUT2D eigenvalue weighted by Crippen LogP contribution is 2.38. The van der Waals surface area contributed by atoms with Crippen molar-refractivity contribution >= 4 is 33.8 Å². The molecule has 0 bridgehead atoms. The van der Waals surface area contributed by atoms with Crippen LogP contribution in [-0.4, -0.2) is 68.0 Å². The quantitative estimate of drug-likeness (QED) is 0.602. The van der Waals surface area contributed by atoms with Gasteiger partial charge in [-0.05, 0) is 69.5 Å². The normalized spacial score (nSPS) is 17.2. The number of piperazine rings is 1. The molecule has 2 aliphatic rings. The van der Waals surface area contributed by atoms with Crippen molar-refractivity contribution in [1.29, 1.82) is 0 Å². The number of aryl methyl sites for hydroxylation is 1. The Kier molecular flexibility index (Phi) is 8.01. The third kappa shape index (κ3) is 6.13. The molecule has 1 aliphatic heterocycles. The van der Waals surface area contributed by atoms with Gasteiger partial charge in [-0.15, -0.1) is 11.3 Å². The lowest BCUT2D eigenvalue weighted by molar-refractivity contribution is -0.117. The molecule has 4 rings (SSSR count). The zero-order valence-corrected chi connectivity index (χ0v) is 20.4. The van der Waals surface area contributed by atoms with Crippen LogP contribution in [0.25, 0.3) is 0 Å². The van der Waals surface area contributed by atoms with E-state index in [2.05, 4.69) is 27.5 Å². The fourth-order valence-electron chi connectivity index (χ4n) is 4.44. The zero-order valence-electron chi connectivity index (χ0n) is 19.6. The lowest BCUT2D eigenvalue weighted by atomic mass is 10.0. The van der Waals surface area contributed by atoms with Crippen molar-refractivity contribution in [2.24, 2.45) is 0 Å². The summed E-state index contributed by atoms with van der Waals surface area (Å²) in [6.45, 7) is 6.61. The van der Waals surface area contributed by atoms with Crippen LogP contribution in [0.5, 0.6) is 5.75 Å². The second-order valence-electron chi connectivity index (χ2n) is 8.81. The highest BCUT2D eigenvalue weighted by molar-refractivity contribution is 7.17. The summed E-state index contributed by atoms with van der Waals surface area (Å²) >= 11 is 1.57. The van der Waals surface area contributed by atoms with Gasteiger partial charge in [-0.3, -0.25) is 14.5 Å². The molecule has 1 saturated heterocycles. The number of nitrogens with zero attached hydrogens (tertiary/aromatic N) is 2. The first-order valence-electron chi connectivity index (χ1n) is 11.9. The maximum Gasteiger partial charge on any atom is 0.258 e. The molecule has 2 N–H and O–H groups in total. The average Bonchev–Trinajstić information content (AvgIpc) is 2.97. The number of hydrogen-bond acceptors (Lipinski definition) is 6. The second-order valence-corrected chi connectivity index (χ2v) is 9.91. The summed E-state index contributed by atoms with van der Waals surface area (Å²) < 4.78 is 5.49. The Morgan fingerprint density at radius 3 is 2.45 bits per heavy atom. The van der Waals surface area contributed by atoms with Crippen molar-refractivity contribution in [3.63, 3.8) is 0 Å². The Morgan fingerprint density at radius 2 is 1.73 bits per heavy atom. The largest absolute Gasteiger partial charge is 0.494 e. The van der Waals surface area contributed by atoms with E-state index in [0.717, 1.165) is 63.2 Å². The highest BCUT2D eigenvalue weighted by atomic mass is 32.1. The maximum absolute atomic E-state index is 13.4. The summed E-state index contributed by atoms with van der Waals surface area (Å²) in [5.74, 6) is 0.566. The lowest BCUT2D eigenvalue weighted by Gasteiger charge is -2.31. The van der Waals surface area contributed by atoms with Crippen molar-refractivity contribution in [3.05, 3.63) is 40.3 Å². The van der Waals surface area contributed by atoms with Gasteiger partial charge in [0.2, 0.25) is 5.91 Å². The molecule has 178 valence electrons. The van der Waals surface area contributed by atoms with E-state index in [1.54, 1.807) is 11.3 Å². The summed E-state index contributed by atoms with van der Waals surface area (Å²) in [6, 6.07) is 7.40. The first kappa shape index (κ1) is 23.7. The number of fused-ring (bicyclic) bond motifs is 1. The molecule has 7 nitrogen and oxygen atoms in total. The molecular weight excluding hydrogens is 436 g/mol. The average molecular weight is 471 g/mol. The van der Waals surface area contributed by atoms with Gasteiger partial charge < -0.3 is 20.3 Å². The number of ether oxygens (including phenoxy) is 1. The van der Waals surface area contributed by atoms with Crippen LogP contribution in [0, 0.1) is 0 Å². The fourth-order valence-corrected chi connectivity index (χ4v) is 5.74. The number of anilines is 2. The van der Waals surface area contributed by atoms with E-state index in [1.165, 1.54) is 11.3 Å². The number of rotatable bonds is 7. The van der Waals surface area contributed by atoms with Crippen LogP contribution in [-0.2, 0) is 17.6 Å². The van der Waals surface area contributed by atoms with Crippen LogP contribution in [0.15, 0.2) is 24.3 Å². The van der Waals surface area contributed by atoms with Gasteiger partial charge in [-0.1, -0.05) is 6.42 Å². The van der Waals surface area contributed by atoms with E-state index >= 15 is 0 Å². The fraction of sp³-hybridized carbons (Fsp3) is 0.520. The van der Waals surface area contributed by atoms with E-state index < -0.39 is 0 Å². The summed E-state index contributed by atoms with van der Waals surface area (Å²) in [7, 11) is 2.10. The van der Waals surface area contributed by atoms with Gasteiger partial charge >= 0.3 is 0 Å². The van der Waals surface area contributed by atoms with Gasteiger partial charge in [0, 0.05) is 36.7 Å². The molecule has 2 aromatic rings. The Hall–Kier alpha value is -2.42. The minimum Gasteiger partial charge on any atom is -0.494 e. The standard InChI is InChI=1S/C25H34N4O3S/c1-3-32-19-11-9-18(10-12-19)26-24(31)23-20-7-5-4-6-8-21(20)33-25(23)27-22(30)17-29-15-13-28(2)14-16-29/h9-12H,3-8,13-17H2,1-2H3,(H,26,31)(H,27,30). The Balaban J connectivity index is 1.51. The molecule has 1 fully saturated rings. The molecule has 0 unspecified atom stereocenters. The summed E-state index contributed by atoms with van der Waals surface area (Å²) in [6.07, 6.45) is 5.22. The molecule has 0 saturated carbocycles. The Bertz CT molecular complexity index is 965. The van der Waals surface area contributed by atoms with E-state index in [1.807, 2.05) is 31.2 Å². The van der Waals surface area contributed by atoms with Crippen molar-refractivity contribution in [3.8, 4) is 5.75 Å². The van der Waals surface area contributed by atoms with Crippen molar-refractivity contribution in [2.75, 3.05) is 57.0 Å². The molecule has 1 aromatic heterocycles. The van der Waals surface area contributed by atoms with E-state index in [4.69, 9.17) is 4.74 Å². The van der Waals surface area contributed by atoms with Gasteiger partial charge in [0.1, 0.15) is 10.8 Å². The topological polar surface area (TPSA) is 73.9 Å². The van der Waals surface area contributed by atoms with Crippen molar-refractivity contribution in [2.45, 2.75) is 39.0 Å². The number of benzene rings is 1. The number of likely N-dealkylation sites (N-methyl/N-ethyl adjacent to an activating group) is 1. The third-order valence-electron chi connectivity index (χ3n) is 6.29. The Labute approximate surface area is 200 Å². The van der Waals surface area contributed by atoms with Crippen LogP contribution in [0.3, 0.4) is 0 Å². The molecule has 33 heavy (non-hydrogen) atoms. The maximum atomic E-state index is 13.4. The minimum absolute atomic E-state index is 0.0499. The number of nitrogens with one attached hydrogen (secondary N) is 2. The van der Waals surface area contributed by atoms with Crippen molar-refractivity contribution < 1.29 is 14.3 Å². The molecule has 0 atom stereocenters. The molecule has 0 spiro atoms. The number of hydrogen-bond donors (Lipinski definition) is 2. The lowest BCUT2D eigenvalue weighted by Crippen LogP contribution is -2.47. The molecule has 2 heterocycles. The third-order valence-corrected chi connectivity index (χ3v) is 7.49.